The summed E-state index contributed by atoms with van der Waals surface area (Å²) in [5, 5.41) is 6.21. The van der Waals surface area contributed by atoms with Crippen LogP contribution in [-0.2, 0) is 14.8 Å². The van der Waals surface area contributed by atoms with E-state index in [-0.39, 0.29) is 16.3 Å². The van der Waals surface area contributed by atoms with E-state index in [2.05, 4.69) is 20.2 Å². The van der Waals surface area contributed by atoms with Gasteiger partial charge < -0.3 is 14.3 Å². The number of benzene rings is 1. The number of oxazole rings is 1. The van der Waals surface area contributed by atoms with Crippen molar-refractivity contribution in [2.75, 3.05) is 11.9 Å². The van der Waals surface area contributed by atoms with Gasteiger partial charge in [0.15, 0.2) is 17.2 Å². The summed E-state index contributed by atoms with van der Waals surface area (Å²) in [6, 6.07) is 5.11. The van der Waals surface area contributed by atoms with Gasteiger partial charge in [0.25, 0.3) is 0 Å². The first-order valence-corrected chi connectivity index (χ1v) is 8.85. The zero-order chi connectivity index (χ0) is 18.2. The Morgan fingerprint density at radius 2 is 2.00 bits per heavy atom. The topological polar surface area (TPSA) is 127 Å². The Bertz CT molecular complexity index is 1030. The number of carbonyl (C=O) groups excluding carboxylic acids is 1. The summed E-state index contributed by atoms with van der Waals surface area (Å²) in [7, 11) is -3.91. The molecule has 0 aliphatic rings. The number of carbonyl (C=O) groups is 1. The molecule has 3 aromatic rings. The number of aromatic nitrogens is 2. The summed E-state index contributed by atoms with van der Waals surface area (Å²) in [6.45, 7) is 4.25. The molecule has 0 bridgehead atoms. The van der Waals surface area contributed by atoms with Crippen LogP contribution in [0.25, 0.3) is 11.1 Å². The molecule has 0 aliphatic carbocycles. The normalized spacial score (nSPS) is 11.8. The van der Waals surface area contributed by atoms with Gasteiger partial charge in [0.05, 0.1) is 12.2 Å². The predicted octanol–water partition coefficient (Wildman–Crippen LogP) is 1.66. The van der Waals surface area contributed by atoms with Crippen molar-refractivity contribution in [1.82, 2.24) is 14.9 Å². The molecule has 3 rings (SSSR count). The zero-order valence-electron chi connectivity index (χ0n) is 13.8. The number of nitrogens with zero attached hydrogens (tertiary/aromatic N) is 2. The maximum atomic E-state index is 12.3. The van der Waals surface area contributed by atoms with Gasteiger partial charge in [0, 0.05) is 6.92 Å². The number of hydrogen-bond donors (Lipinski definition) is 2. The molecule has 2 heterocycles. The second-order valence-electron chi connectivity index (χ2n) is 5.41. The molecule has 0 radical (unpaired) electrons. The summed E-state index contributed by atoms with van der Waals surface area (Å²) in [5.41, 5.74) is 1.68. The number of sulfonamides is 1. The number of aryl methyl sites for hydroxylation is 3. The van der Waals surface area contributed by atoms with Gasteiger partial charge in [-0.3, -0.25) is 4.79 Å². The van der Waals surface area contributed by atoms with E-state index in [0.29, 0.717) is 22.7 Å². The van der Waals surface area contributed by atoms with E-state index in [0.717, 1.165) is 0 Å². The Labute approximate surface area is 143 Å². The summed E-state index contributed by atoms with van der Waals surface area (Å²) in [4.78, 5) is 16.2. The molecule has 0 spiro atoms. The largest absolute Gasteiger partial charge is 0.439 e. The third kappa shape index (κ3) is 3.39. The lowest BCUT2D eigenvalue weighted by Gasteiger charge is -2.07. The van der Waals surface area contributed by atoms with Crippen molar-refractivity contribution in [2.45, 2.75) is 25.7 Å². The molecule has 0 saturated carbocycles. The quantitative estimate of drug-likeness (QED) is 0.704. The van der Waals surface area contributed by atoms with Crippen molar-refractivity contribution in [2.24, 2.45) is 0 Å². The smallest absolute Gasteiger partial charge is 0.246 e. The van der Waals surface area contributed by atoms with Crippen LogP contribution in [0.4, 0.5) is 5.69 Å². The van der Waals surface area contributed by atoms with Gasteiger partial charge in [-0.1, -0.05) is 11.2 Å². The van der Waals surface area contributed by atoms with Gasteiger partial charge in [-0.05, 0) is 26.0 Å². The van der Waals surface area contributed by atoms with Gasteiger partial charge in [0.1, 0.15) is 16.1 Å². The minimum Gasteiger partial charge on any atom is -0.439 e. The van der Waals surface area contributed by atoms with Crippen LogP contribution in [0.1, 0.15) is 17.3 Å². The van der Waals surface area contributed by atoms with Crippen LogP contribution in [0.3, 0.4) is 0 Å². The van der Waals surface area contributed by atoms with E-state index in [1.165, 1.54) is 13.8 Å². The Morgan fingerprint density at radius 1 is 1.24 bits per heavy atom. The number of para-hydroxylation sites is 1. The van der Waals surface area contributed by atoms with E-state index in [1.807, 2.05) is 0 Å². The van der Waals surface area contributed by atoms with E-state index in [9.17, 15) is 13.2 Å². The van der Waals surface area contributed by atoms with Crippen molar-refractivity contribution >= 4 is 32.7 Å². The standard InChI is InChI=1S/C15H16N4O5S/c1-8-15(9(2)24-19-8)25(21,22)16-7-13(20)18-12-6-4-5-11-14(12)23-10(3)17-11/h4-6,16H,7H2,1-3H3,(H,18,20). The molecule has 1 aromatic carbocycles. The van der Waals surface area contributed by atoms with Crippen molar-refractivity contribution in [3.05, 3.63) is 35.5 Å². The highest BCUT2D eigenvalue weighted by molar-refractivity contribution is 7.89. The summed E-state index contributed by atoms with van der Waals surface area (Å²) in [5.74, 6) is 0.0833. The minimum absolute atomic E-state index is 0.0618. The Hall–Kier alpha value is -2.72. The lowest BCUT2D eigenvalue weighted by atomic mass is 10.3. The van der Waals surface area contributed by atoms with Crippen molar-refractivity contribution in [3.8, 4) is 0 Å². The monoisotopic (exact) mass is 364 g/mol. The van der Waals surface area contributed by atoms with Crippen LogP contribution in [0.2, 0.25) is 0 Å². The third-order valence-electron chi connectivity index (χ3n) is 3.46. The first-order valence-electron chi connectivity index (χ1n) is 7.36. The highest BCUT2D eigenvalue weighted by Crippen LogP contribution is 2.24. The van der Waals surface area contributed by atoms with Crippen LogP contribution in [0.15, 0.2) is 32.0 Å². The van der Waals surface area contributed by atoms with Crippen molar-refractivity contribution in [1.29, 1.82) is 0 Å². The molecular weight excluding hydrogens is 348 g/mol. The second-order valence-corrected chi connectivity index (χ2v) is 7.12. The van der Waals surface area contributed by atoms with E-state index >= 15 is 0 Å². The van der Waals surface area contributed by atoms with Crippen molar-refractivity contribution < 1.29 is 22.2 Å². The maximum absolute atomic E-state index is 12.3. The number of fused-ring (bicyclic) bond motifs is 1. The van der Waals surface area contributed by atoms with Crippen LogP contribution in [-0.4, -0.2) is 31.0 Å². The fourth-order valence-corrected chi connectivity index (χ4v) is 3.75. The molecule has 0 fully saturated rings. The van der Waals surface area contributed by atoms with Crippen LogP contribution < -0.4 is 10.0 Å². The highest BCUT2D eigenvalue weighted by atomic mass is 32.2. The molecule has 1 amide bonds. The number of anilines is 1. The lowest BCUT2D eigenvalue weighted by molar-refractivity contribution is -0.115. The van der Waals surface area contributed by atoms with E-state index in [1.54, 1.807) is 25.1 Å². The van der Waals surface area contributed by atoms with Gasteiger partial charge in [0.2, 0.25) is 15.9 Å². The molecule has 132 valence electrons. The fraction of sp³-hybridized carbons (Fsp3) is 0.267. The van der Waals surface area contributed by atoms with E-state index < -0.39 is 22.5 Å². The Kier molecular flexibility index (Phi) is 4.31. The van der Waals surface area contributed by atoms with Gasteiger partial charge in [-0.25, -0.2) is 18.1 Å². The summed E-state index contributed by atoms with van der Waals surface area (Å²) < 4.78 is 37.1. The molecule has 0 atom stereocenters. The minimum atomic E-state index is -3.91. The molecule has 2 N–H and O–H groups in total. The zero-order valence-corrected chi connectivity index (χ0v) is 14.6. The van der Waals surface area contributed by atoms with Crippen LogP contribution in [0, 0.1) is 20.8 Å². The predicted molar refractivity (Wildman–Crippen MR) is 88.5 cm³/mol. The Balaban J connectivity index is 1.73. The molecule has 9 nitrogen and oxygen atoms in total. The Morgan fingerprint density at radius 3 is 2.68 bits per heavy atom. The fourth-order valence-electron chi connectivity index (χ4n) is 2.44. The number of rotatable bonds is 5. The molecule has 0 unspecified atom stereocenters. The first-order chi connectivity index (χ1) is 11.8. The number of hydrogen-bond acceptors (Lipinski definition) is 7. The lowest BCUT2D eigenvalue weighted by Crippen LogP contribution is -2.33. The van der Waals surface area contributed by atoms with Crippen LogP contribution in [0.5, 0.6) is 0 Å². The molecule has 10 heteroatoms. The molecular formula is C15H16N4O5S. The molecule has 25 heavy (non-hydrogen) atoms. The number of nitrogens with one attached hydrogen (secondary N) is 2. The number of amides is 1. The molecule has 0 saturated heterocycles. The summed E-state index contributed by atoms with van der Waals surface area (Å²) in [6.07, 6.45) is 0. The SMILES string of the molecule is Cc1nc2cccc(NC(=O)CNS(=O)(=O)c3c(C)noc3C)c2o1. The third-order valence-corrected chi connectivity index (χ3v) is 5.10. The average Bonchev–Trinajstić information content (AvgIpc) is 3.08. The van der Waals surface area contributed by atoms with Gasteiger partial charge in [-0.15, -0.1) is 0 Å². The first kappa shape index (κ1) is 17.1. The molecule has 0 aliphatic heterocycles. The highest BCUT2D eigenvalue weighted by Gasteiger charge is 2.24. The van der Waals surface area contributed by atoms with E-state index in [4.69, 9.17) is 8.94 Å². The van der Waals surface area contributed by atoms with Crippen molar-refractivity contribution in [3.63, 3.8) is 0 Å². The average molecular weight is 364 g/mol. The van der Waals surface area contributed by atoms with Gasteiger partial charge >= 0.3 is 0 Å². The second kappa shape index (κ2) is 6.30. The summed E-state index contributed by atoms with van der Waals surface area (Å²) >= 11 is 0. The maximum Gasteiger partial charge on any atom is 0.246 e. The van der Waals surface area contributed by atoms with Crippen LogP contribution >= 0.6 is 0 Å². The van der Waals surface area contributed by atoms with Gasteiger partial charge in [-0.2, -0.15) is 0 Å². The molecule has 2 aromatic heterocycles.